The summed E-state index contributed by atoms with van der Waals surface area (Å²) in [5.74, 6) is -0.540. The zero-order valence-corrected chi connectivity index (χ0v) is 10.7. The van der Waals surface area contributed by atoms with Gasteiger partial charge in [-0.05, 0) is 6.42 Å². The van der Waals surface area contributed by atoms with Gasteiger partial charge < -0.3 is 9.84 Å². The number of ether oxygens (including phenoxy) is 1. The van der Waals surface area contributed by atoms with Crippen molar-refractivity contribution >= 4 is 17.3 Å². The minimum absolute atomic E-state index is 0.255. The van der Waals surface area contributed by atoms with Gasteiger partial charge in [0, 0.05) is 6.07 Å². The first kappa shape index (κ1) is 12.4. The van der Waals surface area contributed by atoms with Gasteiger partial charge >= 0.3 is 5.97 Å². The fourth-order valence-electron chi connectivity index (χ4n) is 1.44. The van der Waals surface area contributed by atoms with Crippen LogP contribution < -0.4 is 4.74 Å². The minimum Gasteiger partial charge on any atom is -0.481 e. The van der Waals surface area contributed by atoms with Crippen molar-refractivity contribution in [3.05, 3.63) is 23.0 Å². The second kappa shape index (κ2) is 5.09. The second-order valence-corrected chi connectivity index (χ2v) is 4.40. The average Bonchev–Trinajstić information content (AvgIpc) is 2.83. The molecule has 2 aromatic rings. The Hall–Kier alpha value is -2.02. The smallest absolute Gasteiger partial charge is 0.347 e. The van der Waals surface area contributed by atoms with Crippen LogP contribution in [0.4, 0.5) is 0 Å². The van der Waals surface area contributed by atoms with E-state index < -0.39 is 5.97 Å². The number of thiazole rings is 1. The molecule has 2 aromatic heterocycles. The zero-order chi connectivity index (χ0) is 13.1. The number of carboxylic acid groups (broad SMARTS) is 1. The lowest BCUT2D eigenvalue weighted by molar-refractivity contribution is 0.0701. The fourth-order valence-corrected chi connectivity index (χ4v) is 2.40. The molecule has 6 nitrogen and oxygen atoms in total. The van der Waals surface area contributed by atoms with E-state index in [9.17, 15) is 4.79 Å². The Morgan fingerprint density at radius 3 is 2.83 bits per heavy atom. The first-order valence-corrected chi connectivity index (χ1v) is 6.06. The number of hydrogen-bond acceptors (Lipinski definition) is 6. The van der Waals surface area contributed by atoms with Crippen molar-refractivity contribution in [3.8, 4) is 16.6 Å². The molecule has 0 aromatic carbocycles. The Morgan fingerprint density at radius 1 is 1.50 bits per heavy atom. The van der Waals surface area contributed by atoms with Crippen LogP contribution in [-0.4, -0.2) is 33.1 Å². The van der Waals surface area contributed by atoms with Crippen molar-refractivity contribution in [1.82, 2.24) is 15.0 Å². The molecule has 0 radical (unpaired) electrons. The summed E-state index contributed by atoms with van der Waals surface area (Å²) in [5, 5.41) is 9.63. The molecule has 2 heterocycles. The molecule has 94 valence electrons. The van der Waals surface area contributed by atoms with Crippen LogP contribution in [-0.2, 0) is 6.42 Å². The van der Waals surface area contributed by atoms with Gasteiger partial charge in [0.2, 0.25) is 5.88 Å². The van der Waals surface area contributed by atoms with Gasteiger partial charge in [0.1, 0.15) is 21.9 Å². The molecule has 0 aliphatic carbocycles. The van der Waals surface area contributed by atoms with Crippen molar-refractivity contribution in [2.24, 2.45) is 0 Å². The summed E-state index contributed by atoms with van der Waals surface area (Å²) in [4.78, 5) is 23.6. The Labute approximate surface area is 107 Å². The van der Waals surface area contributed by atoms with Crippen molar-refractivity contribution in [3.63, 3.8) is 0 Å². The number of methoxy groups -OCH3 is 1. The Morgan fingerprint density at radius 2 is 2.28 bits per heavy atom. The molecule has 1 N–H and O–H groups in total. The molecule has 0 aliphatic rings. The van der Waals surface area contributed by atoms with E-state index in [1.807, 2.05) is 6.92 Å². The van der Waals surface area contributed by atoms with Gasteiger partial charge in [-0.2, -0.15) is 0 Å². The third-order valence-corrected chi connectivity index (χ3v) is 3.40. The quantitative estimate of drug-likeness (QED) is 0.908. The highest BCUT2D eigenvalue weighted by molar-refractivity contribution is 7.17. The van der Waals surface area contributed by atoms with Crippen LogP contribution in [0, 0.1) is 0 Å². The first-order valence-electron chi connectivity index (χ1n) is 5.25. The lowest BCUT2D eigenvalue weighted by atomic mass is 10.3. The summed E-state index contributed by atoms with van der Waals surface area (Å²) in [7, 11) is 1.51. The molecule has 0 spiro atoms. The number of carbonyl (C=O) groups is 1. The highest BCUT2D eigenvalue weighted by Crippen LogP contribution is 2.28. The maximum atomic E-state index is 11.1. The van der Waals surface area contributed by atoms with Crippen LogP contribution in [0.3, 0.4) is 0 Å². The van der Waals surface area contributed by atoms with Crippen LogP contribution in [0.5, 0.6) is 5.88 Å². The van der Waals surface area contributed by atoms with Crippen molar-refractivity contribution in [1.29, 1.82) is 0 Å². The number of hydrogen-bond donors (Lipinski definition) is 1. The topological polar surface area (TPSA) is 85.2 Å². The normalized spacial score (nSPS) is 10.3. The second-order valence-electron chi connectivity index (χ2n) is 3.40. The molecule has 0 fully saturated rings. The summed E-state index contributed by atoms with van der Waals surface area (Å²) in [6, 6.07) is 1.63. The van der Waals surface area contributed by atoms with E-state index in [-0.39, 0.29) is 4.88 Å². The SMILES string of the molecule is CCc1nc(-c2cc(OC)ncn2)sc1C(=O)O. The number of aromatic carboxylic acids is 1. The third kappa shape index (κ3) is 2.30. The van der Waals surface area contributed by atoms with Crippen molar-refractivity contribution in [2.75, 3.05) is 7.11 Å². The Kier molecular flexibility index (Phi) is 3.52. The number of aromatic nitrogens is 3. The summed E-state index contributed by atoms with van der Waals surface area (Å²) >= 11 is 1.11. The molecule has 0 saturated carbocycles. The van der Waals surface area contributed by atoms with E-state index in [1.54, 1.807) is 6.07 Å². The molecule has 0 atom stereocenters. The van der Waals surface area contributed by atoms with Crippen LogP contribution in [0.2, 0.25) is 0 Å². The molecule has 0 bridgehead atoms. The largest absolute Gasteiger partial charge is 0.481 e. The van der Waals surface area contributed by atoms with Gasteiger partial charge in [0.15, 0.2) is 0 Å². The summed E-state index contributed by atoms with van der Waals surface area (Å²) in [5.41, 5.74) is 1.13. The number of nitrogens with zero attached hydrogens (tertiary/aromatic N) is 3. The zero-order valence-electron chi connectivity index (χ0n) is 9.88. The van der Waals surface area contributed by atoms with Gasteiger partial charge in [-0.15, -0.1) is 11.3 Å². The van der Waals surface area contributed by atoms with Gasteiger partial charge in [-0.3, -0.25) is 0 Å². The van der Waals surface area contributed by atoms with E-state index in [0.29, 0.717) is 28.7 Å². The average molecular weight is 265 g/mol. The highest BCUT2D eigenvalue weighted by atomic mass is 32.1. The van der Waals surface area contributed by atoms with E-state index in [2.05, 4.69) is 15.0 Å². The molecule has 0 unspecified atom stereocenters. The van der Waals surface area contributed by atoms with Gasteiger partial charge in [0.05, 0.1) is 12.8 Å². The molecular formula is C11H11N3O3S. The van der Waals surface area contributed by atoms with E-state index in [1.165, 1.54) is 13.4 Å². The standard InChI is InChI=1S/C11H11N3O3S/c1-3-6-9(11(15)16)18-10(14-6)7-4-8(17-2)13-5-12-7/h4-5H,3H2,1-2H3,(H,15,16). The monoisotopic (exact) mass is 265 g/mol. The lowest BCUT2D eigenvalue weighted by Gasteiger charge is -1.98. The lowest BCUT2D eigenvalue weighted by Crippen LogP contribution is -1.97. The number of carboxylic acids is 1. The van der Waals surface area contributed by atoms with Crippen LogP contribution in [0.15, 0.2) is 12.4 Å². The maximum absolute atomic E-state index is 11.1. The maximum Gasteiger partial charge on any atom is 0.347 e. The first-order chi connectivity index (χ1) is 8.65. The third-order valence-electron chi connectivity index (χ3n) is 2.30. The Balaban J connectivity index is 2.47. The molecule has 18 heavy (non-hydrogen) atoms. The predicted molar refractivity (Wildman–Crippen MR) is 66.0 cm³/mol. The van der Waals surface area contributed by atoms with Gasteiger partial charge in [0.25, 0.3) is 0 Å². The summed E-state index contributed by atoms with van der Waals surface area (Å²) in [6.45, 7) is 1.87. The van der Waals surface area contributed by atoms with Gasteiger partial charge in [-0.1, -0.05) is 6.92 Å². The van der Waals surface area contributed by atoms with E-state index >= 15 is 0 Å². The number of rotatable bonds is 4. The molecule has 7 heteroatoms. The van der Waals surface area contributed by atoms with E-state index in [4.69, 9.17) is 9.84 Å². The molecule has 0 saturated heterocycles. The van der Waals surface area contributed by atoms with Crippen LogP contribution in [0.25, 0.3) is 10.7 Å². The molecule has 2 rings (SSSR count). The molecule has 0 amide bonds. The van der Waals surface area contributed by atoms with Crippen molar-refractivity contribution < 1.29 is 14.6 Å². The minimum atomic E-state index is -0.961. The highest BCUT2D eigenvalue weighted by Gasteiger charge is 2.17. The fraction of sp³-hybridized carbons (Fsp3) is 0.273. The van der Waals surface area contributed by atoms with Gasteiger partial charge in [-0.25, -0.2) is 19.7 Å². The summed E-state index contributed by atoms with van der Waals surface area (Å²) in [6.07, 6.45) is 1.93. The number of aryl methyl sites for hydroxylation is 1. The van der Waals surface area contributed by atoms with Crippen LogP contribution in [0.1, 0.15) is 22.3 Å². The van der Waals surface area contributed by atoms with E-state index in [0.717, 1.165) is 11.3 Å². The predicted octanol–water partition coefficient (Wildman–Crippen LogP) is 1.87. The summed E-state index contributed by atoms with van der Waals surface area (Å²) < 4.78 is 5.00. The Bertz CT molecular complexity index is 583. The van der Waals surface area contributed by atoms with Crippen molar-refractivity contribution in [2.45, 2.75) is 13.3 Å². The molecule has 0 aliphatic heterocycles. The van der Waals surface area contributed by atoms with Crippen LogP contribution >= 0.6 is 11.3 Å². The molecular weight excluding hydrogens is 254 g/mol.